The normalized spacial score (nSPS) is 17.6. The van der Waals surface area contributed by atoms with E-state index >= 15 is 0 Å². The fraction of sp³-hybridized carbons (Fsp3) is 0.241. The number of pyridine rings is 3. The third kappa shape index (κ3) is 5.97. The monoisotopic (exact) mass is 543 g/mol. The molecule has 10 heteroatoms. The van der Waals surface area contributed by atoms with Crippen molar-refractivity contribution < 1.29 is 17.9 Å². The van der Waals surface area contributed by atoms with Crippen LogP contribution in [0.2, 0.25) is 0 Å². The SMILES string of the molecule is C=CS(=O)(=O)c1cccc(C(=O)NCc2cc3nc(-c4cccc(N5C[C@@H](C)O[C@@H](C)C5)n4)ccc3cn2)c1. The Morgan fingerprint density at radius 2 is 1.79 bits per heavy atom. The predicted molar refractivity (Wildman–Crippen MR) is 150 cm³/mol. The third-order valence-electron chi connectivity index (χ3n) is 6.44. The van der Waals surface area contributed by atoms with Gasteiger partial charge in [-0.3, -0.25) is 9.78 Å². The third-order valence-corrected chi connectivity index (χ3v) is 7.79. The number of aromatic nitrogens is 3. The summed E-state index contributed by atoms with van der Waals surface area (Å²) in [7, 11) is -3.64. The second-order valence-corrected chi connectivity index (χ2v) is 11.4. The molecule has 0 aliphatic carbocycles. The van der Waals surface area contributed by atoms with E-state index in [2.05, 4.69) is 35.6 Å². The molecule has 1 N–H and O–H groups in total. The molecule has 1 saturated heterocycles. The summed E-state index contributed by atoms with van der Waals surface area (Å²) < 4.78 is 30.0. The van der Waals surface area contributed by atoms with E-state index in [0.717, 1.165) is 46.6 Å². The fourth-order valence-corrected chi connectivity index (χ4v) is 5.34. The predicted octanol–water partition coefficient (Wildman–Crippen LogP) is 4.15. The molecule has 0 spiro atoms. The Morgan fingerprint density at radius 1 is 1.05 bits per heavy atom. The average Bonchev–Trinajstić information content (AvgIpc) is 2.95. The number of carbonyl (C=O) groups is 1. The van der Waals surface area contributed by atoms with Crippen LogP contribution in [0.4, 0.5) is 5.82 Å². The molecule has 9 nitrogen and oxygen atoms in total. The number of ether oxygens (including phenoxy) is 1. The van der Waals surface area contributed by atoms with Crippen molar-refractivity contribution in [1.29, 1.82) is 0 Å². The van der Waals surface area contributed by atoms with Crippen molar-refractivity contribution in [2.75, 3.05) is 18.0 Å². The first-order valence-corrected chi connectivity index (χ1v) is 14.2. The lowest BCUT2D eigenvalue weighted by molar-refractivity contribution is -0.00545. The summed E-state index contributed by atoms with van der Waals surface area (Å²) in [5.74, 6) is 0.479. The summed E-state index contributed by atoms with van der Waals surface area (Å²) in [6.07, 6.45) is 1.98. The zero-order valence-corrected chi connectivity index (χ0v) is 22.6. The van der Waals surface area contributed by atoms with Crippen LogP contribution in [0.15, 0.2) is 83.7 Å². The van der Waals surface area contributed by atoms with Crippen LogP contribution in [0.25, 0.3) is 22.3 Å². The summed E-state index contributed by atoms with van der Waals surface area (Å²) in [5.41, 5.74) is 3.08. The second-order valence-electron chi connectivity index (χ2n) is 9.53. The Bertz CT molecular complexity index is 1650. The van der Waals surface area contributed by atoms with Crippen molar-refractivity contribution >= 4 is 32.5 Å². The van der Waals surface area contributed by atoms with Crippen LogP contribution in [0, 0.1) is 0 Å². The number of amides is 1. The largest absolute Gasteiger partial charge is 0.372 e. The second kappa shape index (κ2) is 10.9. The highest BCUT2D eigenvalue weighted by Crippen LogP contribution is 2.24. The maximum atomic E-state index is 12.7. The van der Waals surface area contributed by atoms with Gasteiger partial charge in [0, 0.05) is 35.6 Å². The van der Waals surface area contributed by atoms with Gasteiger partial charge in [-0.05, 0) is 62.4 Å². The molecule has 200 valence electrons. The van der Waals surface area contributed by atoms with E-state index < -0.39 is 15.7 Å². The van der Waals surface area contributed by atoms with E-state index in [1.165, 1.54) is 18.2 Å². The number of benzene rings is 1. The molecule has 1 aliphatic rings. The molecule has 3 aromatic heterocycles. The van der Waals surface area contributed by atoms with Crippen LogP contribution < -0.4 is 10.2 Å². The quantitative estimate of drug-likeness (QED) is 0.370. The molecule has 1 amide bonds. The van der Waals surface area contributed by atoms with Gasteiger partial charge in [0.2, 0.25) is 0 Å². The molecule has 0 unspecified atom stereocenters. The molecule has 4 aromatic rings. The van der Waals surface area contributed by atoms with E-state index in [1.54, 1.807) is 12.3 Å². The molecule has 39 heavy (non-hydrogen) atoms. The number of hydrogen-bond donors (Lipinski definition) is 1. The van der Waals surface area contributed by atoms with Crippen molar-refractivity contribution in [3.8, 4) is 11.4 Å². The Labute approximate surface area is 227 Å². The number of rotatable bonds is 7. The number of nitrogens with zero attached hydrogens (tertiary/aromatic N) is 4. The number of hydrogen-bond acceptors (Lipinski definition) is 8. The minimum absolute atomic E-state index is 0.0148. The van der Waals surface area contributed by atoms with Gasteiger partial charge in [0.05, 0.1) is 46.2 Å². The van der Waals surface area contributed by atoms with Crippen molar-refractivity contribution in [3.05, 3.63) is 90.1 Å². The fourth-order valence-electron chi connectivity index (χ4n) is 4.59. The maximum absolute atomic E-state index is 12.7. The van der Waals surface area contributed by atoms with Crippen LogP contribution in [-0.4, -0.2) is 54.6 Å². The summed E-state index contributed by atoms with van der Waals surface area (Å²) >= 11 is 0. The Balaban J connectivity index is 1.33. The van der Waals surface area contributed by atoms with E-state index in [1.807, 2.05) is 36.4 Å². The first-order valence-electron chi connectivity index (χ1n) is 12.6. The van der Waals surface area contributed by atoms with Gasteiger partial charge in [0.1, 0.15) is 5.82 Å². The summed E-state index contributed by atoms with van der Waals surface area (Å²) in [5, 5.41) is 4.52. The van der Waals surface area contributed by atoms with Gasteiger partial charge in [0.15, 0.2) is 9.84 Å². The topological polar surface area (TPSA) is 114 Å². The van der Waals surface area contributed by atoms with E-state index in [9.17, 15) is 13.2 Å². The highest BCUT2D eigenvalue weighted by Gasteiger charge is 2.23. The molecule has 0 bridgehead atoms. The van der Waals surface area contributed by atoms with Crippen LogP contribution in [0.3, 0.4) is 0 Å². The molecule has 0 radical (unpaired) electrons. The van der Waals surface area contributed by atoms with Crippen molar-refractivity contribution in [2.24, 2.45) is 0 Å². The van der Waals surface area contributed by atoms with Gasteiger partial charge < -0.3 is 15.0 Å². The summed E-state index contributed by atoms with van der Waals surface area (Å²) in [6.45, 7) is 9.17. The van der Waals surface area contributed by atoms with Crippen LogP contribution >= 0.6 is 0 Å². The number of fused-ring (bicyclic) bond motifs is 1. The first-order chi connectivity index (χ1) is 18.7. The number of nitrogens with one attached hydrogen (secondary N) is 1. The maximum Gasteiger partial charge on any atom is 0.251 e. The van der Waals surface area contributed by atoms with Gasteiger partial charge in [-0.15, -0.1) is 0 Å². The summed E-state index contributed by atoms with van der Waals surface area (Å²) in [6, 6.07) is 17.5. The number of sulfone groups is 1. The van der Waals surface area contributed by atoms with Crippen molar-refractivity contribution in [2.45, 2.75) is 37.5 Å². The van der Waals surface area contributed by atoms with Crippen LogP contribution in [-0.2, 0) is 21.1 Å². The standard InChI is InChI=1S/C29H29N5O4S/c1-4-39(36,37)24-8-5-7-21(13-24)29(35)31-16-23-14-27-22(15-30-23)11-12-26(32-27)25-9-6-10-28(33-25)34-17-19(2)38-20(3)18-34/h4-15,19-20H,1,16-18H2,2-3H3,(H,31,35)/t19-,20+. The number of carbonyl (C=O) groups excluding carboxylic acids is 1. The first kappa shape index (κ1) is 26.5. The van der Waals surface area contributed by atoms with Crippen molar-refractivity contribution in [3.63, 3.8) is 0 Å². The molecule has 2 atom stereocenters. The molecule has 5 rings (SSSR count). The van der Waals surface area contributed by atoms with Gasteiger partial charge in [-0.1, -0.05) is 18.7 Å². The molecule has 4 heterocycles. The van der Waals surface area contributed by atoms with Gasteiger partial charge in [0.25, 0.3) is 5.91 Å². The Hall–Kier alpha value is -4.15. The van der Waals surface area contributed by atoms with E-state index in [4.69, 9.17) is 14.7 Å². The molecular formula is C29H29N5O4S. The summed E-state index contributed by atoms with van der Waals surface area (Å²) in [4.78, 5) is 29.1. The zero-order valence-electron chi connectivity index (χ0n) is 21.7. The highest BCUT2D eigenvalue weighted by atomic mass is 32.2. The Kier molecular flexibility index (Phi) is 7.40. The molecular weight excluding hydrogens is 514 g/mol. The molecule has 0 saturated carbocycles. The zero-order chi connectivity index (χ0) is 27.6. The minimum atomic E-state index is -3.64. The van der Waals surface area contributed by atoms with Gasteiger partial charge in [-0.25, -0.2) is 18.4 Å². The van der Waals surface area contributed by atoms with Crippen LogP contribution in [0.5, 0.6) is 0 Å². The number of morpholine rings is 1. The molecule has 1 aliphatic heterocycles. The van der Waals surface area contributed by atoms with E-state index in [0.29, 0.717) is 5.69 Å². The van der Waals surface area contributed by atoms with Gasteiger partial charge >= 0.3 is 0 Å². The minimum Gasteiger partial charge on any atom is -0.372 e. The lowest BCUT2D eigenvalue weighted by Gasteiger charge is -2.36. The lowest BCUT2D eigenvalue weighted by atomic mass is 10.1. The highest BCUT2D eigenvalue weighted by molar-refractivity contribution is 7.94. The molecule has 1 aromatic carbocycles. The van der Waals surface area contributed by atoms with Crippen molar-refractivity contribution in [1.82, 2.24) is 20.3 Å². The smallest absolute Gasteiger partial charge is 0.251 e. The van der Waals surface area contributed by atoms with Crippen LogP contribution in [0.1, 0.15) is 29.9 Å². The Morgan fingerprint density at radius 3 is 2.56 bits per heavy atom. The molecule has 1 fully saturated rings. The average molecular weight is 544 g/mol. The van der Waals surface area contributed by atoms with Gasteiger partial charge in [-0.2, -0.15) is 0 Å². The lowest BCUT2D eigenvalue weighted by Crippen LogP contribution is -2.45. The van der Waals surface area contributed by atoms with E-state index in [-0.39, 0.29) is 29.2 Å². The number of anilines is 1.